The molecule has 3 nitrogen and oxygen atoms in total. The quantitative estimate of drug-likeness (QED) is 0.338. The molecule has 0 aliphatic rings. The standard InChI is InChI=1S/C24H32N2O.C2H2/c1-3-5-7-8-9-10-18-27-23-19-25-24(26-20-23)17-16-22-14-12-21(13-15-22)11-6-4-2;1-2/h12-15,19-20H,3-11,18H2,1-2H3;1-2H. The van der Waals surface area contributed by atoms with Crippen molar-refractivity contribution in [2.75, 3.05) is 6.61 Å². The predicted octanol–water partition coefficient (Wildman–Crippen LogP) is 6.21. The molecule has 0 unspecified atom stereocenters. The largest absolute Gasteiger partial charge is 0.490 e. The first-order valence-electron chi connectivity index (χ1n) is 10.7. The number of rotatable bonds is 11. The second-order valence-corrected chi connectivity index (χ2v) is 6.91. The third-order valence-corrected chi connectivity index (χ3v) is 4.49. The Bertz CT molecular complexity index is 736. The van der Waals surface area contributed by atoms with Gasteiger partial charge in [0.1, 0.15) is 0 Å². The van der Waals surface area contributed by atoms with E-state index < -0.39 is 0 Å². The van der Waals surface area contributed by atoms with Crippen LogP contribution in [0.1, 0.15) is 82.2 Å². The van der Waals surface area contributed by atoms with Gasteiger partial charge in [0.2, 0.25) is 5.82 Å². The molecule has 0 saturated carbocycles. The maximum atomic E-state index is 5.70. The normalized spacial score (nSPS) is 9.66. The summed E-state index contributed by atoms with van der Waals surface area (Å²) in [4.78, 5) is 8.56. The third-order valence-electron chi connectivity index (χ3n) is 4.49. The molecule has 0 radical (unpaired) electrons. The van der Waals surface area contributed by atoms with E-state index >= 15 is 0 Å². The summed E-state index contributed by atoms with van der Waals surface area (Å²) in [5.41, 5.74) is 2.35. The summed E-state index contributed by atoms with van der Waals surface area (Å²) in [6, 6.07) is 8.44. The van der Waals surface area contributed by atoms with Crippen LogP contribution in [-0.2, 0) is 6.42 Å². The molecular weight excluding hydrogens is 356 g/mol. The van der Waals surface area contributed by atoms with E-state index in [9.17, 15) is 0 Å². The van der Waals surface area contributed by atoms with Crippen molar-refractivity contribution >= 4 is 0 Å². The van der Waals surface area contributed by atoms with Crippen LogP contribution in [0.15, 0.2) is 36.7 Å². The van der Waals surface area contributed by atoms with Crippen molar-refractivity contribution in [2.45, 2.75) is 71.6 Å². The van der Waals surface area contributed by atoms with Gasteiger partial charge in [-0.1, -0.05) is 70.4 Å². The van der Waals surface area contributed by atoms with Gasteiger partial charge in [-0.15, -0.1) is 12.8 Å². The summed E-state index contributed by atoms with van der Waals surface area (Å²) >= 11 is 0. The maximum Gasteiger partial charge on any atom is 0.205 e. The van der Waals surface area contributed by atoms with Gasteiger partial charge in [0.25, 0.3) is 0 Å². The molecule has 0 atom stereocenters. The monoisotopic (exact) mass is 390 g/mol. The van der Waals surface area contributed by atoms with E-state index in [2.05, 4.69) is 72.8 Å². The number of aromatic nitrogens is 2. The van der Waals surface area contributed by atoms with Crippen LogP contribution in [0.3, 0.4) is 0 Å². The molecule has 0 bridgehead atoms. The van der Waals surface area contributed by atoms with E-state index in [0.717, 1.165) is 30.8 Å². The average Bonchev–Trinajstić information content (AvgIpc) is 2.78. The highest BCUT2D eigenvalue weighted by molar-refractivity contribution is 5.39. The van der Waals surface area contributed by atoms with Gasteiger partial charge in [-0.3, -0.25) is 0 Å². The van der Waals surface area contributed by atoms with Gasteiger partial charge in [-0.05, 0) is 42.9 Å². The van der Waals surface area contributed by atoms with Crippen LogP contribution >= 0.6 is 0 Å². The van der Waals surface area contributed by atoms with Gasteiger partial charge in [-0.25, -0.2) is 9.97 Å². The first kappa shape index (κ1) is 24.3. The molecule has 0 amide bonds. The number of hydrogen-bond donors (Lipinski definition) is 0. The zero-order valence-electron chi connectivity index (χ0n) is 18.0. The Morgan fingerprint density at radius 2 is 1.41 bits per heavy atom. The summed E-state index contributed by atoms with van der Waals surface area (Å²) in [7, 11) is 0. The highest BCUT2D eigenvalue weighted by Crippen LogP contribution is 2.10. The minimum atomic E-state index is 0.525. The van der Waals surface area contributed by atoms with Crippen LogP contribution in [0.2, 0.25) is 0 Å². The topological polar surface area (TPSA) is 35.0 Å². The minimum Gasteiger partial charge on any atom is -0.490 e. The molecule has 1 heterocycles. The zero-order valence-corrected chi connectivity index (χ0v) is 18.0. The molecule has 0 saturated heterocycles. The molecule has 0 spiro atoms. The van der Waals surface area contributed by atoms with Gasteiger partial charge in [-0.2, -0.15) is 0 Å². The van der Waals surface area contributed by atoms with Gasteiger partial charge in [0.15, 0.2) is 5.75 Å². The Labute approximate surface area is 177 Å². The molecule has 0 aliphatic heterocycles. The number of terminal acetylenes is 1. The van der Waals surface area contributed by atoms with Gasteiger partial charge in [0.05, 0.1) is 19.0 Å². The zero-order chi connectivity index (χ0) is 21.2. The Morgan fingerprint density at radius 1 is 0.793 bits per heavy atom. The highest BCUT2D eigenvalue weighted by Gasteiger charge is 1.97. The summed E-state index contributed by atoms with van der Waals surface area (Å²) in [5.74, 6) is 7.39. The number of ether oxygens (including phenoxy) is 1. The molecular formula is C26H34N2O. The van der Waals surface area contributed by atoms with Crippen LogP contribution < -0.4 is 4.74 Å². The summed E-state index contributed by atoms with van der Waals surface area (Å²) < 4.78 is 5.70. The van der Waals surface area contributed by atoms with Crippen LogP contribution in [0.25, 0.3) is 0 Å². The van der Waals surface area contributed by atoms with Crippen LogP contribution in [0, 0.1) is 24.7 Å². The fraction of sp³-hybridized carbons (Fsp3) is 0.462. The number of hydrogen-bond acceptors (Lipinski definition) is 3. The molecule has 2 aromatic rings. The lowest BCUT2D eigenvalue weighted by molar-refractivity contribution is 0.302. The van der Waals surface area contributed by atoms with Gasteiger partial charge < -0.3 is 4.74 Å². The lowest BCUT2D eigenvalue weighted by Crippen LogP contribution is -1.99. The summed E-state index contributed by atoms with van der Waals surface area (Å²) in [6.45, 7) is 5.18. The van der Waals surface area contributed by atoms with Crippen molar-refractivity contribution in [3.63, 3.8) is 0 Å². The fourth-order valence-electron chi connectivity index (χ4n) is 2.79. The number of aryl methyl sites for hydroxylation is 1. The predicted molar refractivity (Wildman–Crippen MR) is 122 cm³/mol. The minimum absolute atomic E-state index is 0.525. The second-order valence-electron chi connectivity index (χ2n) is 6.91. The number of benzene rings is 1. The third kappa shape index (κ3) is 11.0. The van der Waals surface area contributed by atoms with Crippen molar-refractivity contribution < 1.29 is 4.74 Å². The van der Waals surface area contributed by atoms with Crippen LogP contribution in [0.5, 0.6) is 5.75 Å². The van der Waals surface area contributed by atoms with E-state index in [1.165, 1.54) is 50.5 Å². The maximum absolute atomic E-state index is 5.70. The summed E-state index contributed by atoms with van der Waals surface area (Å²) in [6.07, 6.45) is 22.5. The Hall–Kier alpha value is -2.78. The van der Waals surface area contributed by atoms with Crippen molar-refractivity contribution in [3.8, 4) is 30.4 Å². The van der Waals surface area contributed by atoms with E-state index in [1.54, 1.807) is 12.4 Å². The molecule has 2 rings (SSSR count). The number of nitrogens with zero attached hydrogens (tertiary/aromatic N) is 2. The Balaban J connectivity index is 0.00000204. The lowest BCUT2D eigenvalue weighted by Gasteiger charge is -2.05. The smallest absolute Gasteiger partial charge is 0.205 e. The van der Waals surface area contributed by atoms with Crippen molar-refractivity contribution in [3.05, 3.63) is 53.6 Å². The average molecular weight is 391 g/mol. The summed E-state index contributed by atoms with van der Waals surface area (Å²) in [5, 5.41) is 0. The van der Waals surface area contributed by atoms with Gasteiger partial charge >= 0.3 is 0 Å². The molecule has 0 aliphatic carbocycles. The van der Waals surface area contributed by atoms with E-state index in [0.29, 0.717) is 5.82 Å². The molecule has 1 aromatic carbocycles. The second kappa shape index (κ2) is 16.2. The van der Waals surface area contributed by atoms with Crippen LogP contribution in [0.4, 0.5) is 0 Å². The molecule has 29 heavy (non-hydrogen) atoms. The van der Waals surface area contributed by atoms with Crippen molar-refractivity contribution in [2.24, 2.45) is 0 Å². The van der Waals surface area contributed by atoms with E-state index in [-0.39, 0.29) is 0 Å². The van der Waals surface area contributed by atoms with E-state index in [4.69, 9.17) is 4.74 Å². The Morgan fingerprint density at radius 3 is 2.07 bits per heavy atom. The van der Waals surface area contributed by atoms with Crippen LogP contribution in [-0.4, -0.2) is 16.6 Å². The van der Waals surface area contributed by atoms with Gasteiger partial charge in [0, 0.05) is 5.56 Å². The van der Waals surface area contributed by atoms with Crippen molar-refractivity contribution in [1.29, 1.82) is 0 Å². The van der Waals surface area contributed by atoms with E-state index in [1.807, 2.05) is 0 Å². The molecule has 154 valence electrons. The van der Waals surface area contributed by atoms with Crippen molar-refractivity contribution in [1.82, 2.24) is 9.97 Å². The first-order valence-corrected chi connectivity index (χ1v) is 10.7. The lowest BCUT2D eigenvalue weighted by atomic mass is 10.1. The fourth-order valence-corrected chi connectivity index (χ4v) is 2.79. The Kier molecular flexibility index (Phi) is 13.6. The number of unbranched alkanes of at least 4 members (excludes halogenated alkanes) is 6. The molecule has 0 fully saturated rings. The first-order chi connectivity index (χ1) is 14.3. The molecule has 1 aromatic heterocycles. The molecule has 3 heteroatoms. The SMILES string of the molecule is C#C.CCCCCCCCOc1cnc(C#Cc2ccc(CCCC)cc2)nc1. The molecule has 0 N–H and O–H groups in total. The highest BCUT2D eigenvalue weighted by atomic mass is 16.5.